The van der Waals surface area contributed by atoms with Crippen LogP contribution >= 0.6 is 0 Å². The van der Waals surface area contributed by atoms with Crippen molar-refractivity contribution in [3.63, 3.8) is 0 Å². The smallest absolute Gasteiger partial charge is 0.305 e. The number of rotatable bonds is 4. The van der Waals surface area contributed by atoms with Crippen molar-refractivity contribution in [2.24, 2.45) is 0 Å². The summed E-state index contributed by atoms with van der Waals surface area (Å²) in [7, 11) is 0. The number of halogens is 2. The first kappa shape index (κ1) is 15.4. The number of benzene rings is 1. The van der Waals surface area contributed by atoms with Crippen LogP contribution in [0.4, 0.5) is 8.78 Å². The molecule has 1 N–H and O–H groups in total. The average Bonchev–Trinajstić information content (AvgIpc) is 2.42. The molecule has 6 heteroatoms. The van der Waals surface area contributed by atoms with Crippen molar-refractivity contribution in [2.75, 3.05) is 6.54 Å². The topological polar surface area (TPSA) is 57.6 Å². The predicted octanol–water partition coefficient (Wildman–Crippen LogP) is 2.36. The molecule has 0 saturated carbocycles. The maximum Gasteiger partial charge on any atom is 0.305 e. The number of hydrogen-bond acceptors (Lipinski definition) is 2. The van der Waals surface area contributed by atoms with Gasteiger partial charge in [0.05, 0.1) is 12.8 Å². The van der Waals surface area contributed by atoms with Gasteiger partial charge in [0.1, 0.15) is 11.6 Å². The molecule has 1 aliphatic rings. The molecule has 0 unspecified atom stereocenters. The van der Waals surface area contributed by atoms with E-state index in [0.29, 0.717) is 13.0 Å². The zero-order valence-electron chi connectivity index (χ0n) is 11.5. The molecule has 0 aromatic heterocycles. The Kier molecular flexibility index (Phi) is 4.88. The molecule has 1 aromatic rings. The van der Waals surface area contributed by atoms with Gasteiger partial charge in [0.15, 0.2) is 0 Å². The van der Waals surface area contributed by atoms with Gasteiger partial charge < -0.3 is 10.0 Å². The third kappa shape index (κ3) is 4.00. The van der Waals surface area contributed by atoms with Gasteiger partial charge >= 0.3 is 5.97 Å². The van der Waals surface area contributed by atoms with Crippen molar-refractivity contribution in [1.29, 1.82) is 0 Å². The van der Waals surface area contributed by atoms with Gasteiger partial charge in [-0.05, 0) is 37.5 Å². The molecule has 0 bridgehead atoms. The number of carbonyl (C=O) groups is 2. The van der Waals surface area contributed by atoms with Crippen LogP contribution in [-0.4, -0.2) is 34.5 Å². The molecule has 1 saturated heterocycles. The maximum absolute atomic E-state index is 13.6. The van der Waals surface area contributed by atoms with E-state index in [1.165, 1.54) is 4.90 Å². The highest BCUT2D eigenvalue weighted by Crippen LogP contribution is 2.21. The SMILES string of the molecule is O=C(O)C[C@@H]1CCCCN1C(=O)Cc1cc(F)ccc1F. The minimum Gasteiger partial charge on any atom is -0.481 e. The van der Waals surface area contributed by atoms with Crippen molar-refractivity contribution in [1.82, 2.24) is 4.90 Å². The van der Waals surface area contributed by atoms with Crippen molar-refractivity contribution >= 4 is 11.9 Å². The second-order valence-corrected chi connectivity index (χ2v) is 5.25. The quantitative estimate of drug-likeness (QED) is 0.928. The zero-order valence-corrected chi connectivity index (χ0v) is 11.5. The number of hydrogen-bond donors (Lipinski definition) is 1. The van der Waals surface area contributed by atoms with Crippen LogP contribution in [0.25, 0.3) is 0 Å². The third-order valence-corrected chi connectivity index (χ3v) is 3.71. The van der Waals surface area contributed by atoms with E-state index in [1.807, 2.05) is 0 Å². The fourth-order valence-corrected chi connectivity index (χ4v) is 2.69. The first-order valence-corrected chi connectivity index (χ1v) is 6.92. The number of likely N-dealkylation sites (tertiary alicyclic amines) is 1. The Morgan fingerprint density at radius 3 is 2.76 bits per heavy atom. The average molecular weight is 297 g/mol. The Balaban J connectivity index is 2.10. The van der Waals surface area contributed by atoms with Crippen LogP contribution in [0.2, 0.25) is 0 Å². The minimum absolute atomic E-state index is 0.000325. The zero-order chi connectivity index (χ0) is 15.4. The molecule has 0 aliphatic carbocycles. The van der Waals surface area contributed by atoms with E-state index in [9.17, 15) is 18.4 Å². The first-order valence-electron chi connectivity index (χ1n) is 6.92. The van der Waals surface area contributed by atoms with Crippen LogP contribution in [0.3, 0.4) is 0 Å². The molecule has 1 fully saturated rings. The molecule has 1 atom stereocenters. The van der Waals surface area contributed by atoms with Crippen molar-refractivity contribution in [2.45, 2.75) is 38.1 Å². The Morgan fingerprint density at radius 2 is 2.05 bits per heavy atom. The van der Waals surface area contributed by atoms with E-state index in [1.54, 1.807) is 0 Å². The van der Waals surface area contributed by atoms with Crippen LogP contribution in [0.1, 0.15) is 31.2 Å². The molecule has 1 aliphatic heterocycles. The molecular weight excluding hydrogens is 280 g/mol. The number of carboxylic acid groups (broad SMARTS) is 1. The largest absolute Gasteiger partial charge is 0.481 e. The normalized spacial score (nSPS) is 18.6. The Bertz CT molecular complexity index is 548. The summed E-state index contributed by atoms with van der Waals surface area (Å²) in [6.45, 7) is 0.466. The van der Waals surface area contributed by atoms with Gasteiger partial charge in [0.2, 0.25) is 5.91 Å². The van der Waals surface area contributed by atoms with Gasteiger partial charge in [-0.15, -0.1) is 0 Å². The van der Waals surface area contributed by atoms with Gasteiger partial charge in [-0.2, -0.15) is 0 Å². The lowest BCUT2D eigenvalue weighted by molar-refractivity contribution is -0.141. The summed E-state index contributed by atoms with van der Waals surface area (Å²) < 4.78 is 26.7. The fraction of sp³-hybridized carbons (Fsp3) is 0.467. The maximum atomic E-state index is 13.6. The highest BCUT2D eigenvalue weighted by atomic mass is 19.1. The molecule has 1 heterocycles. The van der Waals surface area contributed by atoms with E-state index in [2.05, 4.69) is 0 Å². The lowest BCUT2D eigenvalue weighted by Crippen LogP contribution is -2.45. The van der Waals surface area contributed by atoms with Gasteiger partial charge in [0.25, 0.3) is 0 Å². The van der Waals surface area contributed by atoms with Gasteiger partial charge in [-0.25, -0.2) is 8.78 Å². The number of amides is 1. The van der Waals surface area contributed by atoms with E-state index in [-0.39, 0.29) is 30.4 Å². The molecule has 1 aromatic carbocycles. The van der Waals surface area contributed by atoms with Crippen LogP contribution in [-0.2, 0) is 16.0 Å². The monoisotopic (exact) mass is 297 g/mol. The van der Waals surface area contributed by atoms with E-state index >= 15 is 0 Å². The standard InChI is InChI=1S/C15H17F2NO3/c16-11-4-5-13(17)10(7-11)8-14(19)18-6-2-1-3-12(18)9-15(20)21/h4-5,7,12H,1-3,6,8-9H2,(H,20,21)/t12-/m0/s1. The molecular formula is C15H17F2NO3. The van der Waals surface area contributed by atoms with Crippen LogP contribution in [0.15, 0.2) is 18.2 Å². The van der Waals surface area contributed by atoms with E-state index in [0.717, 1.165) is 31.0 Å². The number of carboxylic acids is 1. The Labute approximate surface area is 121 Å². The summed E-state index contributed by atoms with van der Waals surface area (Å²) in [5.41, 5.74) is -0.000325. The summed E-state index contributed by atoms with van der Waals surface area (Å²) in [6.07, 6.45) is 1.93. The lowest BCUT2D eigenvalue weighted by atomic mass is 9.98. The first-order chi connectivity index (χ1) is 9.97. The van der Waals surface area contributed by atoms with Gasteiger partial charge in [-0.3, -0.25) is 9.59 Å². The highest BCUT2D eigenvalue weighted by molar-refractivity contribution is 5.80. The Hall–Kier alpha value is -1.98. The molecule has 0 spiro atoms. The van der Waals surface area contributed by atoms with E-state index in [4.69, 9.17) is 5.11 Å². The van der Waals surface area contributed by atoms with Crippen LogP contribution in [0.5, 0.6) is 0 Å². The second kappa shape index (κ2) is 6.65. The summed E-state index contributed by atoms with van der Waals surface area (Å²) >= 11 is 0. The summed E-state index contributed by atoms with van der Waals surface area (Å²) in [4.78, 5) is 24.6. The fourth-order valence-electron chi connectivity index (χ4n) is 2.69. The van der Waals surface area contributed by atoms with Gasteiger partial charge in [-0.1, -0.05) is 0 Å². The molecule has 114 valence electrons. The summed E-state index contributed by atoms with van der Waals surface area (Å²) in [5.74, 6) is -2.54. The molecule has 4 nitrogen and oxygen atoms in total. The Morgan fingerprint density at radius 1 is 1.29 bits per heavy atom. The van der Waals surface area contributed by atoms with Crippen LogP contribution < -0.4 is 0 Å². The summed E-state index contributed by atoms with van der Waals surface area (Å²) in [6, 6.07) is 2.63. The highest BCUT2D eigenvalue weighted by Gasteiger charge is 2.28. The molecule has 0 radical (unpaired) electrons. The predicted molar refractivity (Wildman–Crippen MR) is 71.7 cm³/mol. The second-order valence-electron chi connectivity index (χ2n) is 5.25. The number of aliphatic carboxylic acids is 1. The summed E-state index contributed by atoms with van der Waals surface area (Å²) in [5, 5.41) is 8.89. The van der Waals surface area contributed by atoms with Crippen molar-refractivity contribution in [3.05, 3.63) is 35.4 Å². The number of carbonyl (C=O) groups excluding carboxylic acids is 1. The van der Waals surface area contributed by atoms with Crippen molar-refractivity contribution < 1.29 is 23.5 Å². The number of piperidine rings is 1. The molecule has 2 rings (SSSR count). The van der Waals surface area contributed by atoms with Crippen LogP contribution in [0, 0.1) is 11.6 Å². The molecule has 1 amide bonds. The van der Waals surface area contributed by atoms with E-state index < -0.39 is 17.6 Å². The van der Waals surface area contributed by atoms with Gasteiger partial charge in [0, 0.05) is 18.2 Å². The van der Waals surface area contributed by atoms with Crippen molar-refractivity contribution in [3.8, 4) is 0 Å². The molecule has 21 heavy (non-hydrogen) atoms. The lowest BCUT2D eigenvalue weighted by Gasteiger charge is -2.35. The third-order valence-electron chi connectivity index (χ3n) is 3.71. The minimum atomic E-state index is -0.961. The number of nitrogens with zero attached hydrogens (tertiary/aromatic N) is 1.